The van der Waals surface area contributed by atoms with E-state index in [9.17, 15) is 9.18 Å². The number of benzene rings is 1. The number of hydrogen-bond donors (Lipinski definition) is 1. The van der Waals surface area contributed by atoms with Crippen molar-refractivity contribution in [1.29, 1.82) is 0 Å². The molecular weight excluding hydrogens is 277 g/mol. The third-order valence-corrected chi connectivity index (χ3v) is 4.16. The maximum Gasteiger partial charge on any atom is 0.245 e. The van der Waals surface area contributed by atoms with Crippen molar-refractivity contribution < 1.29 is 9.18 Å². The molecule has 1 unspecified atom stereocenters. The van der Waals surface area contributed by atoms with Crippen LogP contribution in [0.2, 0.25) is 0 Å². The highest BCUT2D eigenvalue weighted by atomic mass is 32.1. The standard InChI is InChI=1S/C14H16FN3OS/c1-9(13(19)17-7-2-3-8-17)18-11-6-4-5-10(15)12(11)16-14(18)20/h4-6,9H,2-3,7-8H2,1H3,(H,16,20). The van der Waals surface area contributed by atoms with Crippen LogP contribution in [-0.4, -0.2) is 33.4 Å². The average Bonchev–Trinajstić information content (AvgIpc) is 3.05. The zero-order chi connectivity index (χ0) is 14.3. The topological polar surface area (TPSA) is 41.0 Å². The summed E-state index contributed by atoms with van der Waals surface area (Å²) in [4.78, 5) is 17.2. The predicted octanol–water partition coefficient (Wildman–Crippen LogP) is 3.02. The second-order valence-corrected chi connectivity index (χ2v) is 5.53. The number of carbonyl (C=O) groups excluding carboxylic acids is 1. The molecule has 0 aliphatic carbocycles. The molecule has 106 valence electrons. The van der Waals surface area contributed by atoms with Gasteiger partial charge >= 0.3 is 0 Å². The van der Waals surface area contributed by atoms with E-state index >= 15 is 0 Å². The summed E-state index contributed by atoms with van der Waals surface area (Å²) in [6.07, 6.45) is 2.10. The SMILES string of the molecule is CC(C(=O)N1CCCC1)n1c(=S)[nH]c2c(F)cccc21. The van der Waals surface area contributed by atoms with Gasteiger partial charge in [-0.2, -0.15) is 0 Å². The van der Waals surface area contributed by atoms with Crippen LogP contribution >= 0.6 is 12.2 Å². The van der Waals surface area contributed by atoms with Gasteiger partial charge in [-0.15, -0.1) is 0 Å². The highest BCUT2D eigenvalue weighted by Crippen LogP contribution is 2.23. The Bertz CT molecular complexity index is 715. The molecule has 2 heterocycles. The first kappa shape index (κ1) is 13.3. The molecule has 1 aromatic carbocycles. The van der Waals surface area contributed by atoms with Crippen LogP contribution in [-0.2, 0) is 4.79 Å². The number of nitrogens with one attached hydrogen (secondary N) is 1. The van der Waals surface area contributed by atoms with E-state index in [-0.39, 0.29) is 11.7 Å². The first-order chi connectivity index (χ1) is 9.59. The van der Waals surface area contributed by atoms with Crippen molar-refractivity contribution in [2.24, 2.45) is 0 Å². The normalized spacial score (nSPS) is 16.8. The number of para-hydroxylation sites is 1. The van der Waals surface area contributed by atoms with Gasteiger partial charge < -0.3 is 14.5 Å². The summed E-state index contributed by atoms with van der Waals surface area (Å²) in [5.74, 6) is -0.308. The van der Waals surface area contributed by atoms with Gasteiger partial charge in [-0.1, -0.05) is 6.07 Å². The third kappa shape index (κ3) is 2.04. The number of halogens is 1. The molecule has 0 bridgehead atoms. The maximum atomic E-state index is 13.8. The van der Waals surface area contributed by atoms with Gasteiger partial charge in [-0.05, 0) is 44.1 Å². The Kier molecular flexibility index (Phi) is 3.33. The van der Waals surface area contributed by atoms with E-state index in [1.165, 1.54) is 6.07 Å². The van der Waals surface area contributed by atoms with Crippen LogP contribution in [0.1, 0.15) is 25.8 Å². The summed E-state index contributed by atoms with van der Waals surface area (Å²) in [5, 5.41) is 0. The Morgan fingerprint density at radius 1 is 1.40 bits per heavy atom. The lowest BCUT2D eigenvalue weighted by Crippen LogP contribution is -2.34. The zero-order valence-electron chi connectivity index (χ0n) is 11.2. The molecule has 0 saturated carbocycles. The van der Waals surface area contributed by atoms with Gasteiger partial charge in [0.05, 0.1) is 5.52 Å². The number of likely N-dealkylation sites (tertiary alicyclic amines) is 1. The van der Waals surface area contributed by atoms with Gasteiger partial charge in [0.15, 0.2) is 4.77 Å². The molecule has 1 atom stereocenters. The summed E-state index contributed by atoms with van der Waals surface area (Å²) in [6, 6.07) is 4.36. The predicted molar refractivity (Wildman–Crippen MR) is 77.6 cm³/mol. The molecule has 4 nitrogen and oxygen atoms in total. The molecule has 2 aromatic rings. The van der Waals surface area contributed by atoms with Gasteiger partial charge in [-0.3, -0.25) is 4.79 Å². The quantitative estimate of drug-likeness (QED) is 0.865. The van der Waals surface area contributed by atoms with Crippen LogP contribution < -0.4 is 0 Å². The zero-order valence-corrected chi connectivity index (χ0v) is 12.0. The number of imidazole rings is 1. The molecule has 1 aromatic heterocycles. The van der Waals surface area contributed by atoms with Crippen molar-refractivity contribution >= 4 is 29.2 Å². The molecule has 20 heavy (non-hydrogen) atoms. The fourth-order valence-corrected chi connectivity index (χ4v) is 3.17. The minimum Gasteiger partial charge on any atom is -0.341 e. The fourth-order valence-electron chi connectivity index (χ4n) is 2.81. The molecular formula is C14H16FN3OS. The van der Waals surface area contributed by atoms with Crippen molar-refractivity contribution in [3.8, 4) is 0 Å². The fraction of sp³-hybridized carbons (Fsp3) is 0.429. The van der Waals surface area contributed by atoms with E-state index in [0.29, 0.717) is 15.8 Å². The van der Waals surface area contributed by atoms with E-state index in [1.807, 2.05) is 11.8 Å². The first-order valence-corrected chi connectivity index (χ1v) is 7.18. The summed E-state index contributed by atoms with van der Waals surface area (Å²) in [5.41, 5.74) is 0.994. The van der Waals surface area contributed by atoms with Crippen molar-refractivity contribution in [2.45, 2.75) is 25.8 Å². The Balaban J connectivity index is 2.05. The summed E-state index contributed by atoms with van der Waals surface area (Å²) < 4.78 is 15.8. The Morgan fingerprint density at radius 3 is 2.80 bits per heavy atom. The maximum absolute atomic E-state index is 13.8. The van der Waals surface area contributed by atoms with E-state index in [1.54, 1.807) is 16.7 Å². The molecule has 0 radical (unpaired) electrons. The summed E-state index contributed by atoms with van der Waals surface area (Å²) >= 11 is 5.25. The van der Waals surface area contributed by atoms with Crippen molar-refractivity contribution in [3.63, 3.8) is 0 Å². The van der Waals surface area contributed by atoms with Crippen LogP contribution in [0.25, 0.3) is 11.0 Å². The van der Waals surface area contributed by atoms with Crippen LogP contribution in [0.5, 0.6) is 0 Å². The second-order valence-electron chi connectivity index (χ2n) is 5.14. The monoisotopic (exact) mass is 293 g/mol. The van der Waals surface area contributed by atoms with E-state index in [4.69, 9.17) is 12.2 Å². The number of fused-ring (bicyclic) bond motifs is 1. The third-order valence-electron chi connectivity index (χ3n) is 3.86. The largest absolute Gasteiger partial charge is 0.341 e. The number of carbonyl (C=O) groups is 1. The summed E-state index contributed by atoms with van der Waals surface area (Å²) in [6.45, 7) is 3.41. The van der Waals surface area contributed by atoms with Crippen LogP contribution in [0.3, 0.4) is 0 Å². The molecule has 1 amide bonds. The van der Waals surface area contributed by atoms with E-state index < -0.39 is 6.04 Å². The number of rotatable bonds is 2. The lowest BCUT2D eigenvalue weighted by Gasteiger charge is -2.21. The van der Waals surface area contributed by atoms with E-state index in [0.717, 1.165) is 25.9 Å². The average molecular weight is 293 g/mol. The molecule has 1 aliphatic rings. The molecule has 1 N–H and O–H groups in total. The number of aromatic amines is 1. The lowest BCUT2D eigenvalue weighted by atomic mass is 10.2. The first-order valence-electron chi connectivity index (χ1n) is 6.77. The van der Waals surface area contributed by atoms with Gasteiger partial charge in [0.25, 0.3) is 0 Å². The number of amides is 1. The Hall–Kier alpha value is -1.69. The van der Waals surface area contributed by atoms with Gasteiger partial charge in [-0.25, -0.2) is 4.39 Å². The van der Waals surface area contributed by atoms with E-state index in [2.05, 4.69) is 4.98 Å². The second kappa shape index (κ2) is 5.01. The van der Waals surface area contributed by atoms with Crippen molar-refractivity contribution in [3.05, 3.63) is 28.8 Å². The van der Waals surface area contributed by atoms with Crippen molar-refractivity contribution in [1.82, 2.24) is 14.5 Å². The molecule has 1 fully saturated rings. The minimum absolute atomic E-state index is 0.0451. The molecule has 1 aliphatic heterocycles. The van der Waals surface area contributed by atoms with Crippen molar-refractivity contribution in [2.75, 3.05) is 13.1 Å². The highest BCUT2D eigenvalue weighted by Gasteiger charge is 2.26. The lowest BCUT2D eigenvalue weighted by molar-refractivity contribution is -0.133. The number of H-pyrrole nitrogens is 1. The van der Waals surface area contributed by atoms with Gasteiger partial charge in [0.1, 0.15) is 17.4 Å². The molecule has 6 heteroatoms. The minimum atomic E-state index is -0.420. The van der Waals surface area contributed by atoms with Crippen LogP contribution in [0.4, 0.5) is 4.39 Å². The Morgan fingerprint density at radius 2 is 2.10 bits per heavy atom. The van der Waals surface area contributed by atoms with Gasteiger partial charge in [0.2, 0.25) is 5.91 Å². The number of hydrogen-bond acceptors (Lipinski definition) is 2. The molecule has 3 rings (SSSR count). The molecule has 1 saturated heterocycles. The number of aromatic nitrogens is 2. The smallest absolute Gasteiger partial charge is 0.245 e. The van der Waals surface area contributed by atoms with Crippen LogP contribution in [0.15, 0.2) is 18.2 Å². The Labute approximate surface area is 121 Å². The van der Waals surface area contributed by atoms with Crippen LogP contribution in [0, 0.1) is 10.6 Å². The number of nitrogens with zero attached hydrogens (tertiary/aromatic N) is 2. The van der Waals surface area contributed by atoms with Gasteiger partial charge in [0, 0.05) is 13.1 Å². The molecule has 0 spiro atoms. The summed E-state index contributed by atoms with van der Waals surface area (Å²) in [7, 11) is 0. The highest BCUT2D eigenvalue weighted by molar-refractivity contribution is 7.71.